The average molecular weight is 541 g/mol. The van der Waals surface area contributed by atoms with E-state index >= 15 is 0 Å². The zero-order valence-corrected chi connectivity index (χ0v) is 19.7. The summed E-state index contributed by atoms with van der Waals surface area (Å²) in [4.78, 5) is 16.8. The van der Waals surface area contributed by atoms with E-state index in [0.717, 1.165) is 29.3 Å². The minimum absolute atomic E-state index is 0.0000983. The van der Waals surface area contributed by atoms with Gasteiger partial charge in [0, 0.05) is 16.7 Å². The van der Waals surface area contributed by atoms with Crippen LogP contribution in [-0.4, -0.2) is 41.6 Å². The molecule has 0 unspecified atom stereocenters. The molecule has 0 aliphatic carbocycles. The van der Waals surface area contributed by atoms with E-state index < -0.39 is 58.7 Å². The van der Waals surface area contributed by atoms with Gasteiger partial charge in [0.15, 0.2) is 5.69 Å². The number of benzene rings is 2. The average Bonchev–Trinajstić information content (AvgIpc) is 3.49. The van der Waals surface area contributed by atoms with Gasteiger partial charge in [-0.05, 0) is 37.3 Å². The molecule has 0 saturated carbocycles. The van der Waals surface area contributed by atoms with Crippen LogP contribution in [0.3, 0.4) is 0 Å². The predicted molar refractivity (Wildman–Crippen MR) is 121 cm³/mol. The largest absolute Gasteiger partial charge is 0.434 e. The molecule has 14 heteroatoms. The Bertz CT molecular complexity index is 1410. The fraction of sp³-hybridized carbons (Fsp3) is 0.217. The van der Waals surface area contributed by atoms with Gasteiger partial charge in [-0.2, -0.15) is 23.4 Å². The molecule has 8 nitrogen and oxygen atoms in total. The molecule has 0 fully saturated rings. The zero-order chi connectivity index (χ0) is 27.0. The Morgan fingerprint density at radius 3 is 2.43 bits per heavy atom. The van der Waals surface area contributed by atoms with Gasteiger partial charge in [-0.3, -0.25) is 4.79 Å². The molecule has 0 aliphatic heterocycles. The molecule has 37 heavy (non-hydrogen) atoms. The predicted octanol–water partition coefficient (Wildman–Crippen LogP) is 4.12. The third-order valence-electron chi connectivity index (χ3n) is 5.68. The molecule has 0 radical (unpaired) electrons. The van der Waals surface area contributed by atoms with Crippen LogP contribution in [-0.2, 0) is 18.3 Å². The zero-order valence-electron chi connectivity index (χ0n) is 18.9. The number of aromatic nitrogens is 5. The second kappa shape index (κ2) is 9.90. The van der Waals surface area contributed by atoms with Crippen molar-refractivity contribution in [2.24, 2.45) is 0 Å². The summed E-state index contributed by atoms with van der Waals surface area (Å²) in [6, 6.07) is 6.33. The van der Waals surface area contributed by atoms with Crippen molar-refractivity contribution in [2.75, 3.05) is 0 Å². The molecule has 4 aromatic rings. The van der Waals surface area contributed by atoms with Crippen molar-refractivity contribution < 1.29 is 31.9 Å². The molecule has 2 aromatic carbocycles. The lowest BCUT2D eigenvalue weighted by atomic mass is 9.86. The summed E-state index contributed by atoms with van der Waals surface area (Å²) in [7, 11) is 0. The number of rotatable bonds is 7. The number of aliphatic hydroxyl groups is 1. The summed E-state index contributed by atoms with van der Waals surface area (Å²) in [6.45, 7) is 0.793. The maximum atomic E-state index is 14.7. The molecule has 1 amide bonds. The number of amides is 1. The highest BCUT2D eigenvalue weighted by atomic mass is 35.5. The maximum Gasteiger partial charge on any atom is 0.434 e. The Hall–Kier alpha value is -3.84. The van der Waals surface area contributed by atoms with Gasteiger partial charge in [0.05, 0.1) is 30.0 Å². The molecule has 2 heterocycles. The van der Waals surface area contributed by atoms with Gasteiger partial charge in [0.1, 0.15) is 29.9 Å². The molecular weight excluding hydrogens is 523 g/mol. The Kier molecular flexibility index (Phi) is 7.02. The summed E-state index contributed by atoms with van der Waals surface area (Å²) in [5.74, 6) is -3.28. The van der Waals surface area contributed by atoms with E-state index in [0.29, 0.717) is 10.7 Å². The fourth-order valence-corrected chi connectivity index (χ4v) is 3.94. The van der Waals surface area contributed by atoms with E-state index in [1.54, 1.807) is 0 Å². The van der Waals surface area contributed by atoms with E-state index in [4.69, 9.17) is 11.6 Å². The number of carbonyl (C=O) groups is 1. The maximum absolute atomic E-state index is 14.7. The van der Waals surface area contributed by atoms with Crippen LogP contribution in [0.4, 0.5) is 22.0 Å². The lowest BCUT2D eigenvalue weighted by molar-refractivity contribution is -0.143. The lowest BCUT2D eigenvalue weighted by Crippen LogP contribution is -2.52. The molecule has 0 spiro atoms. The number of alkyl halides is 3. The van der Waals surface area contributed by atoms with Crippen LogP contribution in [0.2, 0.25) is 5.02 Å². The van der Waals surface area contributed by atoms with Crippen LogP contribution in [0.25, 0.3) is 5.69 Å². The first-order valence-corrected chi connectivity index (χ1v) is 11.0. The van der Waals surface area contributed by atoms with E-state index in [1.165, 1.54) is 37.5 Å². The van der Waals surface area contributed by atoms with Crippen molar-refractivity contribution in [3.63, 3.8) is 0 Å². The van der Waals surface area contributed by atoms with Gasteiger partial charge in [-0.15, -0.1) is 0 Å². The number of hydrogen-bond donors (Lipinski definition) is 2. The monoisotopic (exact) mass is 540 g/mol. The van der Waals surface area contributed by atoms with Crippen LogP contribution in [0.15, 0.2) is 61.3 Å². The SMILES string of the molecule is C[C@@H](NC(=O)c1cnn(-c2ccc(Cl)cc2)c1C(F)(F)F)[C@](O)(Cn1cncn1)c1ccc(F)cc1F. The number of nitrogens with one attached hydrogen (secondary N) is 1. The Balaban J connectivity index is 1.71. The molecule has 0 bridgehead atoms. The number of hydrogen-bond acceptors (Lipinski definition) is 5. The Labute approximate surface area is 211 Å². The van der Waals surface area contributed by atoms with Crippen molar-refractivity contribution >= 4 is 17.5 Å². The van der Waals surface area contributed by atoms with Crippen molar-refractivity contribution in [3.8, 4) is 5.69 Å². The second-order valence-corrected chi connectivity index (χ2v) is 8.57. The molecule has 2 N–H and O–H groups in total. The van der Waals surface area contributed by atoms with Gasteiger partial charge in [0.25, 0.3) is 5.91 Å². The van der Waals surface area contributed by atoms with Crippen LogP contribution in [0.5, 0.6) is 0 Å². The van der Waals surface area contributed by atoms with Crippen molar-refractivity contribution in [1.29, 1.82) is 0 Å². The summed E-state index contributed by atoms with van der Waals surface area (Å²) < 4.78 is 72.0. The minimum Gasteiger partial charge on any atom is -0.381 e. The highest BCUT2D eigenvalue weighted by molar-refractivity contribution is 6.30. The first-order chi connectivity index (χ1) is 17.4. The van der Waals surface area contributed by atoms with E-state index in [9.17, 15) is 31.9 Å². The quantitative estimate of drug-likeness (QED) is 0.344. The summed E-state index contributed by atoms with van der Waals surface area (Å²) >= 11 is 5.81. The Morgan fingerprint density at radius 1 is 1.14 bits per heavy atom. The lowest BCUT2D eigenvalue weighted by Gasteiger charge is -2.35. The second-order valence-electron chi connectivity index (χ2n) is 8.13. The van der Waals surface area contributed by atoms with E-state index in [-0.39, 0.29) is 10.7 Å². The van der Waals surface area contributed by atoms with Gasteiger partial charge >= 0.3 is 6.18 Å². The van der Waals surface area contributed by atoms with Crippen molar-refractivity contribution in [2.45, 2.75) is 31.3 Å². The highest BCUT2D eigenvalue weighted by Crippen LogP contribution is 2.35. The molecular formula is C23H18ClF5N6O2. The molecule has 0 saturated heterocycles. The normalized spacial score (nSPS) is 14.3. The van der Waals surface area contributed by atoms with Crippen LogP contribution in [0, 0.1) is 11.6 Å². The van der Waals surface area contributed by atoms with Crippen molar-refractivity contribution in [3.05, 3.63) is 94.8 Å². The van der Waals surface area contributed by atoms with Gasteiger partial charge < -0.3 is 10.4 Å². The molecule has 194 valence electrons. The standard InChI is InChI=1S/C23H18ClF5N6O2/c1-13(22(37,10-34-12-30-11-32-34)18-7-4-15(25)8-19(18)26)33-21(36)17-9-31-35(20(17)23(27,28)29)16-5-2-14(24)3-6-16/h2-9,11-13,37H,10H2,1H3,(H,33,36)/t13-,22-/m1/s1. The minimum atomic E-state index is -4.99. The van der Waals surface area contributed by atoms with Crippen molar-refractivity contribution in [1.82, 2.24) is 29.9 Å². The van der Waals surface area contributed by atoms with E-state index in [1.807, 2.05) is 0 Å². The summed E-state index contributed by atoms with van der Waals surface area (Å²) in [6.07, 6.45) is -1.91. The molecule has 4 rings (SSSR count). The van der Waals surface area contributed by atoms with Crippen LogP contribution >= 0.6 is 11.6 Å². The van der Waals surface area contributed by atoms with Crippen LogP contribution in [0.1, 0.15) is 28.5 Å². The molecule has 2 atom stereocenters. The summed E-state index contributed by atoms with van der Waals surface area (Å²) in [5, 5.41) is 21.7. The van der Waals surface area contributed by atoms with Gasteiger partial charge in [0.2, 0.25) is 0 Å². The number of halogens is 6. The topological polar surface area (TPSA) is 97.9 Å². The third kappa shape index (κ3) is 5.32. The third-order valence-corrected chi connectivity index (χ3v) is 5.94. The molecule has 0 aliphatic rings. The first-order valence-electron chi connectivity index (χ1n) is 10.6. The smallest absolute Gasteiger partial charge is 0.381 e. The van der Waals surface area contributed by atoms with Gasteiger partial charge in [-0.1, -0.05) is 17.7 Å². The molecule has 2 aromatic heterocycles. The van der Waals surface area contributed by atoms with Crippen LogP contribution < -0.4 is 5.32 Å². The first kappa shape index (κ1) is 26.2. The van der Waals surface area contributed by atoms with Gasteiger partial charge in [-0.25, -0.2) is 23.1 Å². The van der Waals surface area contributed by atoms with E-state index in [2.05, 4.69) is 20.5 Å². The highest BCUT2D eigenvalue weighted by Gasteiger charge is 2.43. The Morgan fingerprint density at radius 2 is 1.84 bits per heavy atom. The summed E-state index contributed by atoms with van der Waals surface area (Å²) in [5.41, 5.74) is -4.89. The fourth-order valence-electron chi connectivity index (χ4n) is 3.82. The number of carbonyl (C=O) groups excluding carboxylic acids is 1. The number of nitrogens with zero attached hydrogens (tertiary/aromatic N) is 5.